The highest BCUT2D eigenvalue weighted by atomic mass is 32.2. The van der Waals surface area contributed by atoms with E-state index in [1.54, 1.807) is 0 Å². The minimum atomic E-state index is 1.21. The van der Waals surface area contributed by atoms with Gasteiger partial charge in [0.2, 0.25) is 0 Å². The van der Waals surface area contributed by atoms with Crippen LogP contribution in [-0.2, 0) is 0 Å². The first-order valence-corrected chi connectivity index (χ1v) is 17.2. The second kappa shape index (κ2) is 12.3. The van der Waals surface area contributed by atoms with E-state index < -0.39 is 0 Å². The van der Waals surface area contributed by atoms with E-state index in [4.69, 9.17) is 0 Å². The van der Waals surface area contributed by atoms with E-state index in [1.807, 2.05) is 70.6 Å². The highest BCUT2D eigenvalue weighted by Gasteiger charge is 2.29. The molecule has 0 saturated carbocycles. The summed E-state index contributed by atoms with van der Waals surface area (Å²) in [5.41, 5.74) is 7.63. The minimum absolute atomic E-state index is 1.21. The Bertz CT molecular complexity index is 1150. The van der Waals surface area contributed by atoms with Gasteiger partial charge in [-0.15, -0.1) is 23.5 Å². The van der Waals surface area contributed by atoms with Crippen LogP contribution in [0.15, 0.2) is 75.3 Å². The Labute approximate surface area is 242 Å². The van der Waals surface area contributed by atoms with Gasteiger partial charge in [0.05, 0.1) is 16.9 Å². The largest absolute Gasteiger partial charge is 0.378 e. The first kappa shape index (κ1) is 28.1. The third-order valence-corrected chi connectivity index (χ3v) is 13.7. The van der Waals surface area contributed by atoms with Crippen LogP contribution in [0.25, 0.3) is 11.1 Å². The second-order valence-electron chi connectivity index (χ2n) is 8.71. The summed E-state index contributed by atoms with van der Waals surface area (Å²) < 4.78 is 5.53. The highest BCUT2D eigenvalue weighted by molar-refractivity contribution is 8.36. The van der Waals surface area contributed by atoms with Crippen molar-refractivity contribution in [3.63, 3.8) is 0 Å². The van der Waals surface area contributed by atoms with Gasteiger partial charge in [0, 0.05) is 60.5 Å². The standard InChI is InChI=1S/C28H32N2S6/c1-17-25(31-7)35-27(33-17)23(19-9-13-21(14-10-19)29(3)4)24(28-34-18(2)26(32-8)36-28)20-11-15-22(16-12-20)30(5)6/h9-16H,1-8H3/b27-23-,28-24+. The van der Waals surface area contributed by atoms with Crippen molar-refractivity contribution >= 4 is 93.1 Å². The first-order valence-electron chi connectivity index (χ1n) is 11.5. The number of hydrogen-bond acceptors (Lipinski definition) is 8. The maximum Gasteiger partial charge on any atom is 0.0586 e. The highest BCUT2D eigenvalue weighted by Crippen LogP contribution is 2.61. The quantitative estimate of drug-likeness (QED) is 0.311. The smallest absolute Gasteiger partial charge is 0.0586 e. The number of allylic oxidation sites excluding steroid dienone is 4. The molecule has 0 N–H and O–H groups in total. The van der Waals surface area contributed by atoms with Crippen molar-refractivity contribution in [3.05, 3.63) is 86.4 Å². The molecule has 0 unspecified atom stereocenters. The summed E-state index contributed by atoms with van der Waals surface area (Å²) in [5.74, 6) is 0. The summed E-state index contributed by atoms with van der Waals surface area (Å²) in [6, 6.07) is 18.1. The van der Waals surface area contributed by atoms with Crippen LogP contribution in [0.1, 0.15) is 25.0 Å². The summed E-state index contributed by atoms with van der Waals surface area (Å²) in [7, 11) is 8.38. The van der Waals surface area contributed by atoms with Crippen molar-refractivity contribution in [1.82, 2.24) is 0 Å². The van der Waals surface area contributed by atoms with E-state index in [-0.39, 0.29) is 0 Å². The minimum Gasteiger partial charge on any atom is -0.378 e. The summed E-state index contributed by atoms with van der Waals surface area (Å²) in [4.78, 5) is 7.10. The zero-order valence-corrected chi connectivity index (χ0v) is 26.9. The molecule has 2 aromatic carbocycles. The SMILES string of the molecule is CSC1=C(C)S/C(=C(/C(=C2\SC(C)=C(SC)S2)c2ccc(N(C)C)cc2)c2ccc(N(C)C)cc2)S1. The van der Waals surface area contributed by atoms with E-state index in [0.29, 0.717) is 0 Å². The van der Waals surface area contributed by atoms with Gasteiger partial charge in [0.15, 0.2) is 0 Å². The monoisotopic (exact) mass is 588 g/mol. The molecule has 0 spiro atoms. The van der Waals surface area contributed by atoms with Gasteiger partial charge in [0.25, 0.3) is 0 Å². The molecule has 0 saturated heterocycles. The van der Waals surface area contributed by atoms with E-state index in [2.05, 4.69) is 113 Å². The Hall–Kier alpha value is -0.900. The molecule has 2 aliphatic rings. The molecule has 2 nitrogen and oxygen atoms in total. The van der Waals surface area contributed by atoms with Crippen LogP contribution in [0.2, 0.25) is 0 Å². The van der Waals surface area contributed by atoms with Gasteiger partial charge in [0.1, 0.15) is 0 Å². The van der Waals surface area contributed by atoms with Crippen LogP contribution < -0.4 is 9.80 Å². The fourth-order valence-electron chi connectivity index (χ4n) is 3.87. The van der Waals surface area contributed by atoms with Crippen molar-refractivity contribution in [2.75, 3.05) is 50.5 Å². The summed E-state index contributed by atoms with van der Waals surface area (Å²) in [6.45, 7) is 4.50. The molecule has 0 amide bonds. The van der Waals surface area contributed by atoms with Crippen molar-refractivity contribution in [1.29, 1.82) is 0 Å². The van der Waals surface area contributed by atoms with Gasteiger partial charge in [-0.05, 0) is 61.8 Å². The lowest BCUT2D eigenvalue weighted by atomic mass is 9.94. The maximum absolute atomic E-state index is 2.29. The molecule has 190 valence electrons. The molecule has 0 aromatic heterocycles. The van der Waals surface area contributed by atoms with Crippen molar-refractivity contribution in [3.8, 4) is 0 Å². The van der Waals surface area contributed by atoms with Gasteiger partial charge >= 0.3 is 0 Å². The number of benzene rings is 2. The molecule has 0 atom stereocenters. The summed E-state index contributed by atoms with van der Waals surface area (Å²) in [5, 5.41) is 0. The van der Waals surface area contributed by atoms with Gasteiger partial charge in [-0.3, -0.25) is 0 Å². The lowest BCUT2D eigenvalue weighted by molar-refractivity contribution is 1.13. The third-order valence-electron chi connectivity index (χ3n) is 5.81. The zero-order valence-electron chi connectivity index (χ0n) is 22.0. The Balaban J connectivity index is 1.95. The van der Waals surface area contributed by atoms with E-state index in [1.165, 1.54) is 60.4 Å². The van der Waals surface area contributed by atoms with Gasteiger partial charge in [-0.25, -0.2) is 0 Å². The average Bonchev–Trinajstić information content (AvgIpc) is 3.43. The normalized spacial score (nSPS) is 18.8. The topological polar surface area (TPSA) is 6.48 Å². The number of anilines is 2. The molecular formula is C28H32N2S6. The Kier molecular flexibility index (Phi) is 9.61. The third kappa shape index (κ3) is 6.05. The van der Waals surface area contributed by atoms with Crippen molar-refractivity contribution in [2.24, 2.45) is 0 Å². The van der Waals surface area contributed by atoms with Crippen molar-refractivity contribution < 1.29 is 0 Å². The fourth-order valence-corrected chi connectivity index (χ4v) is 11.4. The van der Waals surface area contributed by atoms with Crippen LogP contribution in [-0.4, -0.2) is 40.7 Å². The molecule has 2 heterocycles. The Morgan fingerprint density at radius 1 is 0.556 bits per heavy atom. The summed E-state index contributed by atoms with van der Waals surface area (Å²) >= 11 is 11.4. The summed E-state index contributed by atoms with van der Waals surface area (Å²) in [6.07, 6.45) is 4.36. The molecule has 0 fully saturated rings. The first-order chi connectivity index (χ1) is 17.2. The van der Waals surface area contributed by atoms with Crippen LogP contribution in [0.3, 0.4) is 0 Å². The van der Waals surface area contributed by atoms with Crippen LogP contribution in [0.4, 0.5) is 11.4 Å². The van der Waals surface area contributed by atoms with E-state index in [0.717, 1.165) is 0 Å². The fraction of sp³-hybridized carbons (Fsp3) is 0.286. The van der Waals surface area contributed by atoms with Crippen LogP contribution >= 0.6 is 70.6 Å². The van der Waals surface area contributed by atoms with Crippen molar-refractivity contribution in [2.45, 2.75) is 13.8 Å². The number of rotatable bonds is 7. The predicted molar refractivity (Wildman–Crippen MR) is 178 cm³/mol. The zero-order chi connectivity index (χ0) is 26.0. The lowest BCUT2D eigenvalue weighted by Crippen LogP contribution is -2.08. The molecule has 36 heavy (non-hydrogen) atoms. The molecule has 2 aromatic rings. The Morgan fingerprint density at radius 2 is 0.889 bits per heavy atom. The molecule has 0 bridgehead atoms. The Morgan fingerprint density at radius 3 is 1.14 bits per heavy atom. The van der Waals surface area contributed by atoms with E-state index >= 15 is 0 Å². The molecule has 0 aliphatic carbocycles. The lowest BCUT2D eigenvalue weighted by Gasteiger charge is -2.21. The number of thioether (sulfide) groups is 6. The number of nitrogens with zero attached hydrogens (tertiary/aromatic N) is 2. The van der Waals surface area contributed by atoms with Crippen LogP contribution in [0.5, 0.6) is 0 Å². The molecule has 8 heteroatoms. The average molecular weight is 589 g/mol. The molecule has 2 aliphatic heterocycles. The maximum atomic E-state index is 2.29. The molecular weight excluding hydrogens is 557 g/mol. The second-order valence-corrected chi connectivity index (χ2v) is 15.9. The van der Waals surface area contributed by atoms with Crippen LogP contribution in [0, 0.1) is 0 Å². The van der Waals surface area contributed by atoms with Gasteiger partial charge in [-0.1, -0.05) is 71.3 Å². The predicted octanol–water partition coefficient (Wildman–Crippen LogP) is 9.92. The van der Waals surface area contributed by atoms with E-state index in [9.17, 15) is 0 Å². The van der Waals surface area contributed by atoms with Gasteiger partial charge in [-0.2, -0.15) is 0 Å². The molecule has 4 rings (SSSR count). The van der Waals surface area contributed by atoms with Gasteiger partial charge < -0.3 is 9.80 Å². The molecule has 0 radical (unpaired) electrons. The number of hydrogen-bond donors (Lipinski definition) is 0.